The molecule has 0 heterocycles. The molecule has 4 nitrogen and oxygen atoms in total. The van der Waals surface area contributed by atoms with Gasteiger partial charge in [-0.05, 0) is 42.7 Å². The molecule has 1 fully saturated rings. The molecular formula is C17H27NO3S. The van der Waals surface area contributed by atoms with Crippen molar-refractivity contribution in [2.45, 2.75) is 33.6 Å². The van der Waals surface area contributed by atoms with Crippen molar-refractivity contribution < 1.29 is 14.6 Å². The maximum absolute atomic E-state index is 12.5. The van der Waals surface area contributed by atoms with Crippen LogP contribution in [0.5, 0.6) is 11.5 Å². The SMILES string of the molecule is COc1ccc(NC(=O)C2CC(C)CC2C(C)C)cc1O.S. The van der Waals surface area contributed by atoms with Crippen molar-refractivity contribution in [3.63, 3.8) is 0 Å². The highest BCUT2D eigenvalue weighted by Crippen LogP contribution is 2.41. The van der Waals surface area contributed by atoms with E-state index in [0.717, 1.165) is 12.8 Å². The summed E-state index contributed by atoms with van der Waals surface area (Å²) in [6.07, 6.45) is 2.06. The molecule has 3 atom stereocenters. The number of nitrogens with one attached hydrogen (secondary N) is 1. The Balaban J connectivity index is 0.00000242. The van der Waals surface area contributed by atoms with Crippen molar-refractivity contribution in [1.29, 1.82) is 0 Å². The van der Waals surface area contributed by atoms with E-state index >= 15 is 0 Å². The number of carbonyl (C=O) groups excluding carboxylic acids is 1. The van der Waals surface area contributed by atoms with E-state index < -0.39 is 0 Å². The van der Waals surface area contributed by atoms with Crippen molar-refractivity contribution >= 4 is 25.1 Å². The summed E-state index contributed by atoms with van der Waals surface area (Å²) >= 11 is 0. The Morgan fingerprint density at radius 2 is 2.05 bits per heavy atom. The molecule has 124 valence electrons. The predicted octanol–water partition coefficient (Wildman–Crippen LogP) is 3.77. The summed E-state index contributed by atoms with van der Waals surface area (Å²) < 4.78 is 5.00. The summed E-state index contributed by atoms with van der Waals surface area (Å²) in [5, 5.41) is 12.7. The molecular weight excluding hydrogens is 298 g/mol. The molecule has 1 aromatic carbocycles. The summed E-state index contributed by atoms with van der Waals surface area (Å²) in [5.74, 6) is 2.10. The molecule has 1 aliphatic carbocycles. The number of amides is 1. The molecule has 1 saturated carbocycles. The number of carbonyl (C=O) groups is 1. The summed E-state index contributed by atoms with van der Waals surface area (Å²) in [5.41, 5.74) is 0.611. The third-order valence-electron chi connectivity index (χ3n) is 4.49. The number of benzene rings is 1. The van der Waals surface area contributed by atoms with Gasteiger partial charge in [-0.2, -0.15) is 13.5 Å². The number of phenols is 1. The monoisotopic (exact) mass is 325 g/mol. The van der Waals surface area contributed by atoms with E-state index in [1.165, 1.54) is 13.2 Å². The number of hydrogen-bond donors (Lipinski definition) is 2. The minimum absolute atomic E-state index is 0. The Morgan fingerprint density at radius 3 is 2.59 bits per heavy atom. The molecule has 1 aliphatic rings. The average Bonchev–Trinajstić information content (AvgIpc) is 2.81. The Hall–Kier alpha value is -1.36. The van der Waals surface area contributed by atoms with Crippen LogP contribution in [0.15, 0.2) is 18.2 Å². The van der Waals surface area contributed by atoms with E-state index in [9.17, 15) is 9.90 Å². The molecule has 0 spiro atoms. The quantitative estimate of drug-likeness (QED) is 0.886. The van der Waals surface area contributed by atoms with Gasteiger partial charge < -0.3 is 15.2 Å². The predicted molar refractivity (Wildman–Crippen MR) is 93.9 cm³/mol. The van der Waals surface area contributed by atoms with E-state index in [0.29, 0.717) is 29.2 Å². The maximum atomic E-state index is 12.5. The van der Waals surface area contributed by atoms with Gasteiger partial charge in [-0.1, -0.05) is 20.8 Å². The summed E-state index contributed by atoms with van der Waals surface area (Å²) in [4.78, 5) is 12.5. The molecule has 0 bridgehead atoms. The van der Waals surface area contributed by atoms with Crippen molar-refractivity contribution in [1.82, 2.24) is 0 Å². The Morgan fingerprint density at radius 1 is 1.36 bits per heavy atom. The number of phenolic OH excluding ortho intramolecular Hbond substituents is 1. The molecule has 2 N–H and O–H groups in total. The van der Waals surface area contributed by atoms with Gasteiger partial charge in [-0.25, -0.2) is 0 Å². The lowest BCUT2D eigenvalue weighted by Gasteiger charge is -2.22. The number of methoxy groups -OCH3 is 1. The molecule has 0 aliphatic heterocycles. The van der Waals surface area contributed by atoms with E-state index in [1.54, 1.807) is 12.1 Å². The highest BCUT2D eigenvalue weighted by atomic mass is 32.1. The zero-order valence-corrected chi connectivity index (χ0v) is 14.7. The van der Waals surface area contributed by atoms with Crippen LogP contribution in [-0.2, 0) is 4.79 Å². The van der Waals surface area contributed by atoms with Crippen molar-refractivity contribution in [2.24, 2.45) is 23.7 Å². The van der Waals surface area contributed by atoms with Crippen LogP contribution in [0.2, 0.25) is 0 Å². The molecule has 0 radical (unpaired) electrons. The highest BCUT2D eigenvalue weighted by molar-refractivity contribution is 7.59. The van der Waals surface area contributed by atoms with Gasteiger partial charge in [-0.15, -0.1) is 0 Å². The second-order valence-corrected chi connectivity index (χ2v) is 6.47. The lowest BCUT2D eigenvalue weighted by molar-refractivity contribution is -0.121. The molecule has 0 aromatic heterocycles. The first kappa shape index (κ1) is 18.7. The second-order valence-electron chi connectivity index (χ2n) is 6.47. The van der Waals surface area contributed by atoms with Crippen molar-refractivity contribution in [3.05, 3.63) is 18.2 Å². The lowest BCUT2D eigenvalue weighted by atomic mass is 9.85. The molecule has 22 heavy (non-hydrogen) atoms. The third-order valence-corrected chi connectivity index (χ3v) is 4.49. The zero-order valence-electron chi connectivity index (χ0n) is 13.7. The van der Waals surface area contributed by atoms with E-state index in [-0.39, 0.29) is 31.1 Å². The van der Waals surface area contributed by atoms with E-state index in [1.807, 2.05) is 0 Å². The fourth-order valence-electron chi connectivity index (χ4n) is 3.37. The molecule has 1 aromatic rings. The molecule has 0 saturated heterocycles. The minimum atomic E-state index is 0. The number of rotatable bonds is 4. The summed E-state index contributed by atoms with van der Waals surface area (Å²) in [6, 6.07) is 4.93. The van der Waals surface area contributed by atoms with Gasteiger partial charge in [0.2, 0.25) is 5.91 Å². The van der Waals surface area contributed by atoms with Gasteiger partial charge >= 0.3 is 0 Å². The molecule has 5 heteroatoms. The van der Waals surface area contributed by atoms with Gasteiger partial charge in [0.15, 0.2) is 11.5 Å². The molecule has 1 amide bonds. The van der Waals surface area contributed by atoms with Crippen LogP contribution in [-0.4, -0.2) is 18.1 Å². The van der Waals surface area contributed by atoms with E-state index in [4.69, 9.17) is 4.74 Å². The Bertz CT molecular complexity index is 519. The van der Waals surface area contributed by atoms with Gasteiger partial charge in [0.1, 0.15) is 0 Å². The van der Waals surface area contributed by atoms with Crippen LogP contribution in [0.3, 0.4) is 0 Å². The number of anilines is 1. The Labute approximate surface area is 139 Å². The first-order valence-electron chi connectivity index (χ1n) is 7.60. The van der Waals surface area contributed by atoms with Crippen LogP contribution in [0.4, 0.5) is 5.69 Å². The standard InChI is InChI=1S/C17H25NO3.H2S/c1-10(2)13-7-11(3)8-14(13)17(20)18-12-5-6-16(21-4)15(19)9-12;/h5-6,9-11,13-14,19H,7-8H2,1-4H3,(H,18,20);1H2. The highest BCUT2D eigenvalue weighted by Gasteiger charge is 2.38. The summed E-state index contributed by atoms with van der Waals surface area (Å²) in [7, 11) is 1.50. The zero-order chi connectivity index (χ0) is 15.6. The van der Waals surface area contributed by atoms with Crippen LogP contribution in [0.25, 0.3) is 0 Å². The van der Waals surface area contributed by atoms with Crippen molar-refractivity contribution in [2.75, 3.05) is 12.4 Å². The number of ether oxygens (including phenoxy) is 1. The van der Waals surface area contributed by atoms with Crippen molar-refractivity contribution in [3.8, 4) is 11.5 Å². The molecule has 2 rings (SSSR count). The average molecular weight is 325 g/mol. The maximum Gasteiger partial charge on any atom is 0.227 e. The topological polar surface area (TPSA) is 58.6 Å². The largest absolute Gasteiger partial charge is 0.504 e. The van der Waals surface area contributed by atoms with Crippen LogP contribution >= 0.6 is 13.5 Å². The van der Waals surface area contributed by atoms with Crippen LogP contribution in [0.1, 0.15) is 33.6 Å². The smallest absolute Gasteiger partial charge is 0.227 e. The third kappa shape index (κ3) is 4.09. The van der Waals surface area contributed by atoms with E-state index in [2.05, 4.69) is 26.1 Å². The second kappa shape index (κ2) is 7.77. The fraction of sp³-hybridized carbons (Fsp3) is 0.588. The first-order chi connectivity index (χ1) is 9.92. The molecule has 3 unspecified atom stereocenters. The van der Waals surface area contributed by atoms with Gasteiger partial charge in [-0.3, -0.25) is 4.79 Å². The van der Waals surface area contributed by atoms with Gasteiger partial charge in [0.05, 0.1) is 7.11 Å². The van der Waals surface area contributed by atoms with Crippen LogP contribution in [0, 0.1) is 23.7 Å². The lowest BCUT2D eigenvalue weighted by Crippen LogP contribution is -2.28. The van der Waals surface area contributed by atoms with Gasteiger partial charge in [0, 0.05) is 17.7 Å². The first-order valence-corrected chi connectivity index (χ1v) is 7.60. The minimum Gasteiger partial charge on any atom is -0.504 e. The summed E-state index contributed by atoms with van der Waals surface area (Å²) in [6.45, 7) is 6.58. The Kier molecular flexibility index (Phi) is 6.60. The van der Waals surface area contributed by atoms with Gasteiger partial charge in [0.25, 0.3) is 0 Å². The number of hydrogen-bond acceptors (Lipinski definition) is 3. The number of aromatic hydroxyl groups is 1. The fourth-order valence-corrected chi connectivity index (χ4v) is 3.37. The van der Waals surface area contributed by atoms with Crippen LogP contribution < -0.4 is 10.1 Å². The normalized spacial score (nSPS) is 24.0.